The van der Waals surface area contributed by atoms with E-state index in [0.29, 0.717) is 12.1 Å². The van der Waals surface area contributed by atoms with Gasteiger partial charge in [-0.05, 0) is 18.6 Å². The highest BCUT2D eigenvalue weighted by Crippen LogP contribution is 2.46. The fraction of sp³-hybridized carbons (Fsp3) is 0.667. The molecule has 1 saturated heterocycles. The van der Waals surface area contributed by atoms with Crippen molar-refractivity contribution in [3.05, 3.63) is 41.9 Å². The SMILES string of the molecule is CCCCCCCCCCCCCCCCCCOC[C@H](COP(=O)(O)OC[C@H]1O[C@@](C#N)(c2ccc3c(N)ncnn23)[C@H](O)[C@@H]1O)Oc1cc(OC)c(C#N)c(OC)c1. The Balaban J connectivity index is 1.26. The maximum Gasteiger partial charge on any atom is 0.472 e. The van der Waals surface area contributed by atoms with Crippen molar-refractivity contribution in [1.82, 2.24) is 14.6 Å². The van der Waals surface area contributed by atoms with Crippen LogP contribution in [0.25, 0.3) is 5.52 Å². The number of nitrogens with zero attached hydrogens (tertiary/aromatic N) is 5. The van der Waals surface area contributed by atoms with Crippen LogP contribution in [0, 0.1) is 22.7 Å². The van der Waals surface area contributed by atoms with Crippen LogP contribution in [0.4, 0.5) is 5.82 Å². The summed E-state index contributed by atoms with van der Waals surface area (Å²) in [6, 6.07) is 9.89. The standard InChI is InChI=1S/C42H63N6O11P/c1-4-5-6-7-8-9-10-11-12-13-14-15-16-17-18-19-22-55-26-32(58-31-23-35(53-2)33(25-43)36(24-31)54-3)27-56-60(51,52)57-28-37-39(49)40(50)42(29-44,59-37)38-21-20-34-41(45)46-30-47-48(34)38/h20-21,23-24,30,32,37,39-40,49-50H,4-19,22,26-28H2,1-3H3,(H,51,52)(H2,45,46,47)/t32-,37-,39-,40-,42+/m1/s1. The van der Waals surface area contributed by atoms with Gasteiger partial charge in [0.2, 0.25) is 5.60 Å². The number of rotatable bonds is 30. The third kappa shape index (κ3) is 13.7. The third-order valence-electron chi connectivity index (χ3n) is 10.7. The Kier molecular flexibility index (Phi) is 20.3. The first-order chi connectivity index (χ1) is 29.0. The summed E-state index contributed by atoms with van der Waals surface area (Å²) in [6.45, 7) is 1.45. The van der Waals surface area contributed by atoms with Gasteiger partial charge in [-0.25, -0.2) is 14.1 Å². The van der Waals surface area contributed by atoms with Crippen molar-refractivity contribution in [2.45, 2.75) is 140 Å². The second-order valence-electron chi connectivity index (χ2n) is 15.1. The lowest BCUT2D eigenvalue weighted by Gasteiger charge is -2.24. The van der Waals surface area contributed by atoms with Gasteiger partial charge in [-0.3, -0.25) is 9.05 Å². The van der Waals surface area contributed by atoms with Crippen LogP contribution >= 0.6 is 7.82 Å². The second-order valence-corrected chi connectivity index (χ2v) is 16.5. The first-order valence-electron chi connectivity index (χ1n) is 21.1. The molecule has 0 aliphatic carbocycles. The van der Waals surface area contributed by atoms with Gasteiger partial charge in [0.1, 0.15) is 71.2 Å². The van der Waals surface area contributed by atoms with Crippen molar-refractivity contribution in [2.24, 2.45) is 0 Å². The molecule has 1 fully saturated rings. The minimum absolute atomic E-state index is 0.0238. The topological polar surface area (TPSA) is 246 Å². The number of fused-ring (bicyclic) bond motifs is 1. The van der Waals surface area contributed by atoms with Crippen molar-refractivity contribution in [3.8, 4) is 29.4 Å². The predicted molar refractivity (Wildman–Crippen MR) is 222 cm³/mol. The van der Waals surface area contributed by atoms with Crippen molar-refractivity contribution in [3.63, 3.8) is 0 Å². The van der Waals surface area contributed by atoms with E-state index >= 15 is 0 Å². The largest absolute Gasteiger partial charge is 0.495 e. The molecule has 18 heteroatoms. The van der Waals surface area contributed by atoms with Crippen molar-refractivity contribution in [2.75, 3.05) is 46.4 Å². The summed E-state index contributed by atoms with van der Waals surface area (Å²) in [5, 5.41) is 45.7. The molecular weight excluding hydrogens is 795 g/mol. The van der Waals surface area contributed by atoms with Crippen molar-refractivity contribution in [1.29, 1.82) is 10.5 Å². The number of methoxy groups -OCH3 is 2. The van der Waals surface area contributed by atoms with Crippen LogP contribution in [0.1, 0.15) is 121 Å². The number of aromatic nitrogens is 3. The molecule has 3 heterocycles. The van der Waals surface area contributed by atoms with E-state index < -0.39 is 51.1 Å². The summed E-state index contributed by atoms with van der Waals surface area (Å²) < 4.78 is 53.5. The minimum Gasteiger partial charge on any atom is -0.495 e. The summed E-state index contributed by atoms with van der Waals surface area (Å²) in [6.07, 6.45) is 15.4. The van der Waals surface area contributed by atoms with Gasteiger partial charge >= 0.3 is 7.82 Å². The van der Waals surface area contributed by atoms with Gasteiger partial charge in [0.25, 0.3) is 0 Å². The molecule has 0 saturated carbocycles. The fourth-order valence-electron chi connectivity index (χ4n) is 7.27. The Morgan fingerprint density at radius 3 is 2.03 bits per heavy atom. The number of hydrogen-bond donors (Lipinski definition) is 4. The highest BCUT2D eigenvalue weighted by atomic mass is 31.2. The van der Waals surface area contributed by atoms with E-state index in [0.717, 1.165) is 25.6 Å². The molecule has 1 aliphatic heterocycles. The van der Waals surface area contributed by atoms with E-state index in [4.69, 9.17) is 38.5 Å². The van der Waals surface area contributed by atoms with E-state index in [-0.39, 0.29) is 40.9 Å². The molecule has 4 rings (SSSR count). The summed E-state index contributed by atoms with van der Waals surface area (Å²) in [5.41, 5.74) is 4.35. The molecule has 0 bridgehead atoms. The molecule has 6 atom stereocenters. The van der Waals surface area contributed by atoms with Gasteiger partial charge in [0.05, 0.1) is 39.7 Å². The number of aliphatic hydroxyl groups excluding tert-OH is 2. The number of ether oxygens (including phenoxy) is 5. The molecule has 1 unspecified atom stereocenters. The average Bonchev–Trinajstić information content (AvgIpc) is 3.80. The molecule has 60 heavy (non-hydrogen) atoms. The van der Waals surface area contributed by atoms with Crippen LogP contribution in [-0.2, 0) is 28.7 Å². The second kappa shape index (κ2) is 25.0. The van der Waals surface area contributed by atoms with Gasteiger partial charge in [-0.15, -0.1) is 0 Å². The van der Waals surface area contributed by atoms with Crippen LogP contribution in [0.3, 0.4) is 0 Å². The van der Waals surface area contributed by atoms with Gasteiger partial charge in [-0.2, -0.15) is 15.6 Å². The number of hydrogen-bond acceptors (Lipinski definition) is 15. The van der Waals surface area contributed by atoms with Crippen molar-refractivity contribution < 1.29 is 52.4 Å². The summed E-state index contributed by atoms with van der Waals surface area (Å²) in [5.74, 6) is 0.740. The van der Waals surface area contributed by atoms with Crippen LogP contribution in [0.5, 0.6) is 17.2 Å². The van der Waals surface area contributed by atoms with Gasteiger partial charge in [0, 0.05) is 18.7 Å². The zero-order valence-electron chi connectivity index (χ0n) is 35.2. The number of phosphoric acid groups is 1. The van der Waals surface area contributed by atoms with E-state index in [1.165, 1.54) is 126 Å². The number of nitrogen functional groups attached to an aromatic ring is 1. The highest BCUT2D eigenvalue weighted by Gasteiger charge is 2.58. The molecule has 1 aliphatic rings. The molecule has 17 nitrogen and oxygen atoms in total. The number of anilines is 1. The molecule has 5 N–H and O–H groups in total. The highest BCUT2D eigenvalue weighted by molar-refractivity contribution is 7.47. The number of benzene rings is 1. The molecule has 0 radical (unpaired) electrons. The van der Waals surface area contributed by atoms with E-state index in [1.54, 1.807) is 0 Å². The fourth-order valence-corrected chi connectivity index (χ4v) is 8.04. The number of unbranched alkanes of at least 4 members (excludes halogenated alkanes) is 15. The molecule has 3 aromatic rings. The lowest BCUT2D eigenvalue weighted by molar-refractivity contribution is -0.0651. The summed E-state index contributed by atoms with van der Waals surface area (Å²) in [4.78, 5) is 14.6. The Morgan fingerprint density at radius 1 is 0.900 bits per heavy atom. The smallest absolute Gasteiger partial charge is 0.472 e. The first kappa shape index (κ1) is 48.6. The Hall–Kier alpha value is -4.03. The number of phosphoric ester groups is 1. The Bertz CT molecular complexity index is 1860. The quantitative estimate of drug-likeness (QED) is 0.0393. The maximum atomic E-state index is 13.2. The van der Waals surface area contributed by atoms with Crippen LogP contribution in [0.15, 0.2) is 30.6 Å². The van der Waals surface area contributed by atoms with Gasteiger partial charge in [0.15, 0.2) is 5.82 Å². The summed E-state index contributed by atoms with van der Waals surface area (Å²) >= 11 is 0. The zero-order valence-corrected chi connectivity index (χ0v) is 36.1. The molecule has 0 amide bonds. The Labute approximate surface area is 353 Å². The van der Waals surface area contributed by atoms with Crippen LogP contribution < -0.4 is 19.9 Å². The average molecular weight is 859 g/mol. The lowest BCUT2D eigenvalue weighted by Crippen LogP contribution is -2.41. The van der Waals surface area contributed by atoms with E-state index in [2.05, 4.69) is 17.0 Å². The molecular formula is C42H63N6O11P. The first-order valence-corrected chi connectivity index (χ1v) is 22.6. The number of aliphatic hydroxyl groups is 2. The molecule has 0 spiro atoms. The van der Waals surface area contributed by atoms with Crippen molar-refractivity contribution >= 4 is 19.2 Å². The monoisotopic (exact) mass is 858 g/mol. The van der Waals surface area contributed by atoms with E-state index in [9.17, 15) is 30.2 Å². The third-order valence-corrected chi connectivity index (χ3v) is 11.6. The van der Waals surface area contributed by atoms with Gasteiger partial charge in [-0.1, -0.05) is 103 Å². The molecule has 1 aromatic carbocycles. The Morgan fingerprint density at radius 2 is 1.48 bits per heavy atom. The van der Waals surface area contributed by atoms with Gasteiger partial charge < -0.3 is 44.5 Å². The number of nitriles is 2. The zero-order chi connectivity index (χ0) is 43.4. The van der Waals surface area contributed by atoms with Crippen LogP contribution in [0.2, 0.25) is 0 Å². The molecule has 2 aromatic heterocycles. The molecule has 332 valence electrons. The van der Waals surface area contributed by atoms with Crippen LogP contribution in [-0.4, -0.2) is 94.8 Å². The predicted octanol–water partition coefficient (Wildman–Crippen LogP) is 6.90. The normalized spacial score (nSPS) is 20.4. The lowest BCUT2D eigenvalue weighted by atomic mass is 9.92. The maximum absolute atomic E-state index is 13.2. The summed E-state index contributed by atoms with van der Waals surface area (Å²) in [7, 11) is -2.06. The minimum atomic E-state index is -4.85. The van der Waals surface area contributed by atoms with E-state index in [1.807, 2.05) is 12.1 Å². The number of nitrogens with two attached hydrogens (primary N) is 1.